The van der Waals surface area contributed by atoms with Gasteiger partial charge in [0.1, 0.15) is 0 Å². The molecule has 0 fully saturated rings. The van der Waals surface area contributed by atoms with Crippen LogP contribution in [-0.4, -0.2) is 12.1 Å². The standard InChI is InChI=1S/C13H29N/c1-12(2)10-8-6-7-9-11-14-13(3,4)5/h12,14H,6-11H2,1-5H3. The summed E-state index contributed by atoms with van der Waals surface area (Å²) in [4.78, 5) is 0. The van der Waals surface area contributed by atoms with Gasteiger partial charge in [-0.3, -0.25) is 0 Å². The zero-order chi connectivity index (χ0) is 11.0. The molecule has 0 aliphatic rings. The largest absolute Gasteiger partial charge is 0.312 e. The normalized spacial score (nSPS) is 12.4. The first-order valence-electron chi connectivity index (χ1n) is 6.17. The quantitative estimate of drug-likeness (QED) is 0.612. The second-order valence-corrected chi connectivity index (χ2v) is 5.77. The minimum atomic E-state index is 0.290. The van der Waals surface area contributed by atoms with Crippen molar-refractivity contribution in [2.24, 2.45) is 5.92 Å². The fraction of sp³-hybridized carbons (Fsp3) is 1.00. The van der Waals surface area contributed by atoms with Gasteiger partial charge in [-0.05, 0) is 39.7 Å². The van der Waals surface area contributed by atoms with Crippen molar-refractivity contribution in [3.63, 3.8) is 0 Å². The van der Waals surface area contributed by atoms with Crippen molar-refractivity contribution in [2.45, 2.75) is 72.3 Å². The van der Waals surface area contributed by atoms with Gasteiger partial charge in [0, 0.05) is 5.54 Å². The monoisotopic (exact) mass is 199 g/mol. The highest BCUT2D eigenvalue weighted by Gasteiger charge is 2.06. The Morgan fingerprint density at radius 3 is 2.00 bits per heavy atom. The maximum absolute atomic E-state index is 3.52. The molecule has 0 rings (SSSR count). The van der Waals surface area contributed by atoms with Gasteiger partial charge in [-0.25, -0.2) is 0 Å². The van der Waals surface area contributed by atoms with Gasteiger partial charge in [0.05, 0.1) is 0 Å². The van der Waals surface area contributed by atoms with E-state index in [1.807, 2.05) is 0 Å². The molecule has 0 aromatic carbocycles. The van der Waals surface area contributed by atoms with Gasteiger partial charge in [-0.1, -0.05) is 39.5 Å². The van der Waals surface area contributed by atoms with Crippen LogP contribution in [0.2, 0.25) is 0 Å². The van der Waals surface area contributed by atoms with Crippen molar-refractivity contribution in [1.82, 2.24) is 5.32 Å². The van der Waals surface area contributed by atoms with Crippen molar-refractivity contribution in [1.29, 1.82) is 0 Å². The van der Waals surface area contributed by atoms with E-state index in [-0.39, 0.29) is 5.54 Å². The topological polar surface area (TPSA) is 12.0 Å². The lowest BCUT2D eigenvalue weighted by atomic mass is 10.0. The SMILES string of the molecule is CC(C)CCCCCCNC(C)(C)C. The number of unbranched alkanes of at least 4 members (excludes halogenated alkanes) is 3. The third-order valence-electron chi connectivity index (χ3n) is 2.36. The summed E-state index contributed by atoms with van der Waals surface area (Å²) in [6.45, 7) is 12.5. The van der Waals surface area contributed by atoms with E-state index in [9.17, 15) is 0 Å². The Hall–Kier alpha value is -0.0400. The molecule has 0 spiro atoms. The van der Waals surface area contributed by atoms with E-state index in [1.54, 1.807) is 0 Å². The molecule has 0 saturated carbocycles. The van der Waals surface area contributed by atoms with Crippen LogP contribution in [0.3, 0.4) is 0 Å². The molecule has 0 aromatic heterocycles. The first-order valence-corrected chi connectivity index (χ1v) is 6.17. The van der Waals surface area contributed by atoms with Gasteiger partial charge < -0.3 is 5.32 Å². The minimum absolute atomic E-state index is 0.290. The highest BCUT2D eigenvalue weighted by molar-refractivity contribution is 4.69. The lowest BCUT2D eigenvalue weighted by Gasteiger charge is -2.20. The predicted octanol–water partition coefficient (Wildman–Crippen LogP) is 3.98. The summed E-state index contributed by atoms with van der Waals surface area (Å²) in [6, 6.07) is 0. The smallest absolute Gasteiger partial charge is 0.00965 e. The molecule has 1 nitrogen and oxygen atoms in total. The summed E-state index contributed by atoms with van der Waals surface area (Å²) in [7, 11) is 0. The van der Waals surface area contributed by atoms with E-state index in [4.69, 9.17) is 0 Å². The van der Waals surface area contributed by atoms with E-state index in [1.165, 1.54) is 38.6 Å². The second-order valence-electron chi connectivity index (χ2n) is 5.77. The maximum atomic E-state index is 3.52. The lowest BCUT2D eigenvalue weighted by molar-refractivity contribution is 0.413. The zero-order valence-corrected chi connectivity index (χ0v) is 10.8. The fourth-order valence-corrected chi connectivity index (χ4v) is 1.49. The molecule has 1 N–H and O–H groups in total. The van der Waals surface area contributed by atoms with E-state index >= 15 is 0 Å². The lowest BCUT2D eigenvalue weighted by Crippen LogP contribution is -2.36. The highest BCUT2D eigenvalue weighted by atomic mass is 14.9. The summed E-state index contributed by atoms with van der Waals surface area (Å²) in [6.07, 6.45) is 6.93. The van der Waals surface area contributed by atoms with Crippen LogP contribution >= 0.6 is 0 Å². The first-order chi connectivity index (χ1) is 6.42. The first kappa shape index (κ1) is 14.0. The summed E-state index contributed by atoms with van der Waals surface area (Å²) in [5.74, 6) is 0.878. The predicted molar refractivity (Wildman–Crippen MR) is 65.7 cm³/mol. The number of nitrogens with one attached hydrogen (secondary N) is 1. The van der Waals surface area contributed by atoms with Gasteiger partial charge in [-0.2, -0.15) is 0 Å². The molecule has 0 aliphatic carbocycles. The molecule has 0 unspecified atom stereocenters. The Balaban J connectivity index is 3.07. The molecule has 0 bridgehead atoms. The van der Waals surface area contributed by atoms with E-state index in [2.05, 4.69) is 39.9 Å². The third kappa shape index (κ3) is 12.0. The van der Waals surface area contributed by atoms with Crippen LogP contribution < -0.4 is 5.32 Å². The average Bonchev–Trinajstić information content (AvgIpc) is 2.00. The molecule has 0 aliphatic heterocycles. The van der Waals surface area contributed by atoms with Crippen molar-refractivity contribution in [3.05, 3.63) is 0 Å². The van der Waals surface area contributed by atoms with Gasteiger partial charge in [-0.15, -0.1) is 0 Å². The van der Waals surface area contributed by atoms with Crippen molar-refractivity contribution < 1.29 is 0 Å². The van der Waals surface area contributed by atoms with Crippen LogP contribution in [0.4, 0.5) is 0 Å². The van der Waals surface area contributed by atoms with Gasteiger partial charge in [0.15, 0.2) is 0 Å². The second kappa shape index (κ2) is 7.28. The molecule has 1 heteroatoms. The third-order valence-corrected chi connectivity index (χ3v) is 2.36. The Morgan fingerprint density at radius 2 is 1.50 bits per heavy atom. The molecule has 0 radical (unpaired) electrons. The molecular formula is C13H29N. The Labute approximate surface area is 90.7 Å². The molecule has 0 aromatic rings. The van der Waals surface area contributed by atoms with Crippen LogP contribution in [0.15, 0.2) is 0 Å². The molecule has 0 atom stereocenters. The van der Waals surface area contributed by atoms with Gasteiger partial charge in [0.25, 0.3) is 0 Å². The van der Waals surface area contributed by atoms with Crippen LogP contribution in [0.25, 0.3) is 0 Å². The van der Waals surface area contributed by atoms with Gasteiger partial charge in [0.2, 0.25) is 0 Å². The molecule has 0 saturated heterocycles. The van der Waals surface area contributed by atoms with Gasteiger partial charge >= 0.3 is 0 Å². The summed E-state index contributed by atoms with van der Waals surface area (Å²) in [5, 5.41) is 3.52. The summed E-state index contributed by atoms with van der Waals surface area (Å²) in [5.41, 5.74) is 0.290. The highest BCUT2D eigenvalue weighted by Crippen LogP contribution is 2.09. The van der Waals surface area contributed by atoms with Crippen LogP contribution in [0.5, 0.6) is 0 Å². The van der Waals surface area contributed by atoms with Crippen molar-refractivity contribution in [3.8, 4) is 0 Å². The molecular weight excluding hydrogens is 170 g/mol. The Morgan fingerprint density at radius 1 is 0.929 bits per heavy atom. The zero-order valence-electron chi connectivity index (χ0n) is 10.8. The number of hydrogen-bond acceptors (Lipinski definition) is 1. The van der Waals surface area contributed by atoms with E-state index in [0.717, 1.165) is 5.92 Å². The number of hydrogen-bond donors (Lipinski definition) is 1. The molecule has 0 heterocycles. The Kier molecular flexibility index (Phi) is 7.26. The minimum Gasteiger partial charge on any atom is -0.312 e. The van der Waals surface area contributed by atoms with Crippen molar-refractivity contribution >= 4 is 0 Å². The van der Waals surface area contributed by atoms with Crippen LogP contribution in [0, 0.1) is 5.92 Å². The molecule has 86 valence electrons. The Bertz CT molecular complexity index is 122. The molecule has 0 amide bonds. The molecule has 14 heavy (non-hydrogen) atoms. The van der Waals surface area contributed by atoms with E-state index < -0.39 is 0 Å². The fourth-order valence-electron chi connectivity index (χ4n) is 1.49. The summed E-state index contributed by atoms with van der Waals surface area (Å²) >= 11 is 0. The van der Waals surface area contributed by atoms with Crippen LogP contribution in [0.1, 0.15) is 66.7 Å². The number of rotatable bonds is 7. The maximum Gasteiger partial charge on any atom is 0.00965 e. The average molecular weight is 199 g/mol. The van der Waals surface area contributed by atoms with Crippen molar-refractivity contribution in [2.75, 3.05) is 6.54 Å². The summed E-state index contributed by atoms with van der Waals surface area (Å²) < 4.78 is 0. The van der Waals surface area contributed by atoms with Crippen LogP contribution in [-0.2, 0) is 0 Å². The van der Waals surface area contributed by atoms with E-state index in [0.29, 0.717) is 0 Å².